The van der Waals surface area contributed by atoms with E-state index in [2.05, 4.69) is 0 Å². The van der Waals surface area contributed by atoms with Crippen LogP contribution in [0.1, 0.15) is 26.3 Å². The zero-order chi connectivity index (χ0) is 17.8. The Hall–Kier alpha value is -2.02. The second-order valence-electron chi connectivity index (χ2n) is 6.08. The first kappa shape index (κ1) is 19.0. The largest absolute Gasteiger partial charge is 0.485 e. The minimum Gasteiger partial charge on any atom is -0.485 e. The molecule has 0 spiro atoms. The quantitative estimate of drug-likeness (QED) is 0.599. The second kappa shape index (κ2) is 7.50. The number of carbonyl (C=O) groups is 1. The maximum Gasteiger partial charge on any atom is 0.410 e. The predicted molar refractivity (Wildman–Crippen MR) is 87.2 cm³/mol. The highest BCUT2D eigenvalue weighted by Crippen LogP contribution is 2.32. The smallest absolute Gasteiger partial charge is 0.410 e. The number of amides is 1. The molecule has 0 saturated heterocycles. The molecule has 128 valence electrons. The van der Waals surface area contributed by atoms with Crippen molar-refractivity contribution in [3.63, 3.8) is 0 Å². The van der Waals surface area contributed by atoms with Gasteiger partial charge in [0.1, 0.15) is 12.2 Å². The summed E-state index contributed by atoms with van der Waals surface area (Å²) in [6.45, 7) is 7.29. The van der Waals surface area contributed by atoms with Crippen LogP contribution in [0.15, 0.2) is 12.1 Å². The number of nitrogens with zero attached hydrogens (tertiary/aromatic N) is 2. The Morgan fingerprint density at radius 1 is 1.39 bits per heavy atom. The molecule has 23 heavy (non-hydrogen) atoms. The summed E-state index contributed by atoms with van der Waals surface area (Å²) in [5, 5.41) is 11.4. The maximum atomic E-state index is 11.8. The first-order valence-corrected chi connectivity index (χ1v) is 7.40. The summed E-state index contributed by atoms with van der Waals surface area (Å²) in [5.41, 5.74) is -0.154. The SMILES string of the molecule is Cc1cc([N+](=O)[O-])c(OCCN(C)C(=O)OC(C)(C)C)cc1Cl. The van der Waals surface area contributed by atoms with Gasteiger partial charge in [-0.2, -0.15) is 0 Å². The number of halogens is 1. The lowest BCUT2D eigenvalue weighted by molar-refractivity contribution is -0.385. The molecule has 0 unspecified atom stereocenters. The fourth-order valence-corrected chi connectivity index (χ4v) is 1.78. The van der Waals surface area contributed by atoms with Crippen molar-refractivity contribution in [1.29, 1.82) is 0 Å². The van der Waals surface area contributed by atoms with Crippen LogP contribution in [-0.4, -0.2) is 41.7 Å². The first-order chi connectivity index (χ1) is 10.5. The van der Waals surface area contributed by atoms with Crippen molar-refractivity contribution in [2.24, 2.45) is 0 Å². The first-order valence-electron chi connectivity index (χ1n) is 7.02. The van der Waals surface area contributed by atoms with Gasteiger partial charge in [0, 0.05) is 24.2 Å². The molecule has 0 atom stereocenters. The average molecular weight is 345 g/mol. The number of likely N-dealkylation sites (N-methyl/N-ethyl adjacent to an activating group) is 1. The molecule has 8 heteroatoms. The van der Waals surface area contributed by atoms with Crippen molar-refractivity contribution in [3.05, 3.63) is 32.8 Å². The summed E-state index contributed by atoms with van der Waals surface area (Å²) < 4.78 is 10.6. The lowest BCUT2D eigenvalue weighted by Crippen LogP contribution is -2.36. The van der Waals surface area contributed by atoms with Crippen LogP contribution in [0.2, 0.25) is 5.02 Å². The fraction of sp³-hybridized carbons (Fsp3) is 0.533. The minimum atomic E-state index is -0.588. The fourth-order valence-electron chi connectivity index (χ4n) is 1.63. The van der Waals surface area contributed by atoms with Crippen molar-refractivity contribution in [3.8, 4) is 5.75 Å². The summed E-state index contributed by atoms with van der Waals surface area (Å²) in [5.74, 6) is 0.0724. The topological polar surface area (TPSA) is 81.9 Å². The van der Waals surface area contributed by atoms with Gasteiger partial charge in [0.25, 0.3) is 0 Å². The monoisotopic (exact) mass is 344 g/mol. The number of benzene rings is 1. The number of ether oxygens (including phenoxy) is 2. The van der Waals surface area contributed by atoms with Gasteiger partial charge in [0.2, 0.25) is 0 Å². The highest BCUT2D eigenvalue weighted by Gasteiger charge is 2.21. The van der Waals surface area contributed by atoms with E-state index in [4.69, 9.17) is 21.1 Å². The number of nitro groups is 1. The number of nitro benzene ring substituents is 1. The number of hydrogen-bond acceptors (Lipinski definition) is 5. The molecule has 1 amide bonds. The van der Waals surface area contributed by atoms with Crippen molar-refractivity contribution in [1.82, 2.24) is 4.90 Å². The van der Waals surface area contributed by atoms with E-state index in [1.54, 1.807) is 34.7 Å². The molecule has 0 saturated carbocycles. The molecule has 0 aliphatic rings. The Balaban J connectivity index is 2.67. The molecule has 1 aromatic carbocycles. The zero-order valence-corrected chi connectivity index (χ0v) is 14.6. The number of hydrogen-bond donors (Lipinski definition) is 0. The van der Waals surface area contributed by atoms with Crippen molar-refractivity contribution in [2.45, 2.75) is 33.3 Å². The summed E-state index contributed by atoms with van der Waals surface area (Å²) in [6.07, 6.45) is -0.488. The zero-order valence-electron chi connectivity index (χ0n) is 13.9. The third-order valence-electron chi connectivity index (χ3n) is 2.83. The summed E-state index contributed by atoms with van der Waals surface area (Å²) in [7, 11) is 1.56. The maximum absolute atomic E-state index is 11.8. The van der Waals surface area contributed by atoms with E-state index in [0.29, 0.717) is 10.6 Å². The summed E-state index contributed by atoms with van der Waals surface area (Å²) in [6, 6.07) is 2.76. The molecule has 0 bridgehead atoms. The minimum absolute atomic E-state index is 0.0724. The Kier molecular flexibility index (Phi) is 6.20. The van der Waals surface area contributed by atoms with Crippen molar-refractivity contribution < 1.29 is 19.2 Å². The lowest BCUT2D eigenvalue weighted by Gasteiger charge is -2.24. The van der Waals surface area contributed by atoms with Gasteiger partial charge in [-0.25, -0.2) is 4.79 Å². The molecule has 0 N–H and O–H groups in total. The highest BCUT2D eigenvalue weighted by atomic mass is 35.5. The van der Waals surface area contributed by atoms with Crippen LogP contribution < -0.4 is 4.74 Å². The van der Waals surface area contributed by atoms with E-state index in [9.17, 15) is 14.9 Å². The molecule has 0 radical (unpaired) electrons. The van der Waals surface area contributed by atoms with Gasteiger partial charge < -0.3 is 14.4 Å². The summed E-state index contributed by atoms with van der Waals surface area (Å²) in [4.78, 5) is 23.6. The Morgan fingerprint density at radius 2 is 2.00 bits per heavy atom. The molecule has 0 aliphatic carbocycles. The van der Waals surface area contributed by atoms with Crippen LogP contribution in [0.5, 0.6) is 5.75 Å². The average Bonchev–Trinajstić information content (AvgIpc) is 2.40. The molecule has 1 rings (SSSR count). The van der Waals surface area contributed by atoms with Crippen molar-refractivity contribution >= 4 is 23.4 Å². The summed E-state index contributed by atoms with van der Waals surface area (Å²) >= 11 is 5.97. The second-order valence-corrected chi connectivity index (χ2v) is 6.48. The van der Waals surface area contributed by atoms with Gasteiger partial charge in [-0.3, -0.25) is 10.1 Å². The standard InChI is InChI=1S/C15H21ClN2O5/c1-10-8-12(18(20)21)13(9-11(10)16)22-7-6-17(5)14(19)23-15(2,3)4/h8-9H,6-7H2,1-5H3. The molecular weight excluding hydrogens is 324 g/mol. The number of rotatable bonds is 5. The molecule has 0 fully saturated rings. The molecule has 0 aliphatic heterocycles. The van der Waals surface area contributed by atoms with E-state index in [1.165, 1.54) is 17.0 Å². The van der Waals surface area contributed by atoms with E-state index in [0.717, 1.165) is 0 Å². The third kappa shape index (κ3) is 5.94. The Bertz CT molecular complexity index is 598. The van der Waals surface area contributed by atoms with Gasteiger partial charge in [0.15, 0.2) is 5.75 Å². The van der Waals surface area contributed by atoms with Crippen LogP contribution >= 0.6 is 11.6 Å². The molecule has 7 nitrogen and oxygen atoms in total. The third-order valence-corrected chi connectivity index (χ3v) is 3.23. The van der Waals surface area contributed by atoms with Crippen molar-refractivity contribution in [2.75, 3.05) is 20.2 Å². The number of aryl methyl sites for hydroxylation is 1. The van der Waals surface area contributed by atoms with Crippen LogP contribution in [0, 0.1) is 17.0 Å². The number of carbonyl (C=O) groups excluding carboxylic acids is 1. The van der Waals surface area contributed by atoms with Crippen LogP contribution in [0.3, 0.4) is 0 Å². The van der Waals surface area contributed by atoms with E-state index >= 15 is 0 Å². The highest BCUT2D eigenvalue weighted by molar-refractivity contribution is 6.31. The van der Waals surface area contributed by atoms with E-state index in [1.807, 2.05) is 0 Å². The lowest BCUT2D eigenvalue weighted by atomic mass is 10.2. The van der Waals surface area contributed by atoms with Gasteiger partial charge in [-0.15, -0.1) is 0 Å². The molecule has 1 aromatic rings. The van der Waals surface area contributed by atoms with Crippen LogP contribution in [0.25, 0.3) is 0 Å². The van der Waals surface area contributed by atoms with Gasteiger partial charge >= 0.3 is 11.8 Å². The van der Waals surface area contributed by atoms with E-state index in [-0.39, 0.29) is 24.6 Å². The molecule has 0 aromatic heterocycles. The molecule has 0 heterocycles. The van der Waals surface area contributed by atoms with Gasteiger partial charge in [0.05, 0.1) is 11.5 Å². The van der Waals surface area contributed by atoms with Crippen LogP contribution in [-0.2, 0) is 4.74 Å². The van der Waals surface area contributed by atoms with E-state index < -0.39 is 16.6 Å². The predicted octanol–water partition coefficient (Wildman–Crippen LogP) is 3.80. The Morgan fingerprint density at radius 3 is 2.52 bits per heavy atom. The normalized spacial score (nSPS) is 11.0. The van der Waals surface area contributed by atoms with Crippen LogP contribution in [0.4, 0.5) is 10.5 Å². The Labute approximate surface area is 140 Å². The molecular formula is C15H21ClN2O5. The van der Waals surface area contributed by atoms with Gasteiger partial charge in [-0.1, -0.05) is 11.6 Å². The van der Waals surface area contributed by atoms with Gasteiger partial charge in [-0.05, 0) is 33.3 Å².